The molecule has 1 aromatic heterocycles. The maximum atomic E-state index is 13.8. The van der Waals surface area contributed by atoms with Gasteiger partial charge in [-0.1, -0.05) is 11.6 Å². The van der Waals surface area contributed by atoms with Gasteiger partial charge in [-0.15, -0.1) is 0 Å². The molecule has 1 aromatic carbocycles. The average Bonchev–Trinajstić information content (AvgIpc) is 2.32. The molecule has 0 atom stereocenters. The number of aromatic nitrogens is 2. The van der Waals surface area contributed by atoms with Gasteiger partial charge < -0.3 is 0 Å². The molecule has 0 radical (unpaired) electrons. The fourth-order valence-corrected chi connectivity index (χ4v) is 1.69. The second-order valence-corrected chi connectivity index (χ2v) is 4.28. The molecule has 0 N–H and O–H groups in total. The van der Waals surface area contributed by atoms with Gasteiger partial charge in [0.2, 0.25) is 0 Å². The SMILES string of the molecule is Cc1nc(-c2ccc(Cl)cc2F)nc(C#N)c1C. The summed E-state index contributed by atoms with van der Waals surface area (Å²) in [6.45, 7) is 3.52. The lowest BCUT2D eigenvalue weighted by molar-refractivity contribution is 0.630. The molecule has 0 amide bonds. The van der Waals surface area contributed by atoms with Crippen molar-refractivity contribution in [3.05, 3.63) is 46.0 Å². The molecule has 3 nitrogen and oxygen atoms in total. The Hall–Kier alpha value is -1.99. The zero-order valence-electron chi connectivity index (χ0n) is 9.83. The van der Waals surface area contributed by atoms with E-state index in [-0.39, 0.29) is 17.1 Å². The standard InChI is InChI=1S/C13H9ClFN3/c1-7-8(2)17-13(18-12(7)6-16)10-4-3-9(14)5-11(10)15/h3-5H,1-2H3. The summed E-state index contributed by atoms with van der Waals surface area (Å²) in [5.74, 6) is -0.307. The van der Waals surface area contributed by atoms with E-state index in [2.05, 4.69) is 9.97 Å². The van der Waals surface area contributed by atoms with E-state index in [4.69, 9.17) is 16.9 Å². The minimum Gasteiger partial charge on any atom is -0.233 e. The van der Waals surface area contributed by atoms with Crippen LogP contribution >= 0.6 is 11.6 Å². The van der Waals surface area contributed by atoms with Gasteiger partial charge in [-0.3, -0.25) is 0 Å². The molecule has 2 rings (SSSR count). The maximum Gasteiger partial charge on any atom is 0.163 e. The van der Waals surface area contributed by atoms with Gasteiger partial charge in [0, 0.05) is 16.3 Å². The zero-order chi connectivity index (χ0) is 13.3. The van der Waals surface area contributed by atoms with E-state index >= 15 is 0 Å². The average molecular weight is 262 g/mol. The van der Waals surface area contributed by atoms with Crippen molar-refractivity contribution in [2.24, 2.45) is 0 Å². The number of hydrogen-bond donors (Lipinski definition) is 0. The minimum atomic E-state index is -0.505. The Morgan fingerprint density at radius 2 is 2.00 bits per heavy atom. The van der Waals surface area contributed by atoms with Crippen molar-refractivity contribution in [1.82, 2.24) is 9.97 Å². The predicted octanol–water partition coefficient (Wildman–Crippen LogP) is 3.42. The first-order valence-corrected chi connectivity index (χ1v) is 5.61. The van der Waals surface area contributed by atoms with E-state index in [9.17, 15) is 4.39 Å². The zero-order valence-corrected chi connectivity index (χ0v) is 10.6. The van der Waals surface area contributed by atoms with Crippen LogP contribution in [0, 0.1) is 31.0 Å². The largest absolute Gasteiger partial charge is 0.233 e. The Morgan fingerprint density at radius 3 is 2.61 bits per heavy atom. The van der Waals surface area contributed by atoms with Crippen molar-refractivity contribution in [3.8, 4) is 17.5 Å². The quantitative estimate of drug-likeness (QED) is 0.790. The highest BCUT2D eigenvalue weighted by atomic mass is 35.5. The summed E-state index contributed by atoms with van der Waals surface area (Å²) in [7, 11) is 0. The molecule has 1 heterocycles. The van der Waals surface area contributed by atoms with Crippen molar-refractivity contribution < 1.29 is 4.39 Å². The highest BCUT2D eigenvalue weighted by Crippen LogP contribution is 2.24. The third kappa shape index (κ3) is 2.18. The topological polar surface area (TPSA) is 49.6 Å². The molecule has 0 saturated heterocycles. The fourth-order valence-electron chi connectivity index (χ4n) is 1.53. The van der Waals surface area contributed by atoms with Crippen LogP contribution in [0.25, 0.3) is 11.4 Å². The Kier molecular flexibility index (Phi) is 3.26. The van der Waals surface area contributed by atoms with E-state index in [0.717, 1.165) is 0 Å². The van der Waals surface area contributed by atoms with E-state index in [0.29, 0.717) is 16.3 Å². The fraction of sp³-hybridized carbons (Fsp3) is 0.154. The number of nitriles is 1. The van der Waals surface area contributed by atoms with Crippen molar-refractivity contribution in [2.75, 3.05) is 0 Å². The van der Waals surface area contributed by atoms with Crippen LogP contribution in [0.3, 0.4) is 0 Å². The van der Waals surface area contributed by atoms with Crippen molar-refractivity contribution in [3.63, 3.8) is 0 Å². The van der Waals surface area contributed by atoms with Gasteiger partial charge in [-0.05, 0) is 32.0 Å². The number of aryl methyl sites for hydroxylation is 1. The number of rotatable bonds is 1. The molecule has 0 saturated carbocycles. The first-order valence-electron chi connectivity index (χ1n) is 5.23. The van der Waals surface area contributed by atoms with Gasteiger partial charge in [0.15, 0.2) is 5.82 Å². The first kappa shape index (κ1) is 12.5. The molecular weight excluding hydrogens is 253 g/mol. The molecule has 0 fully saturated rings. The third-order valence-corrected chi connectivity index (χ3v) is 2.90. The van der Waals surface area contributed by atoms with Crippen LogP contribution < -0.4 is 0 Å². The van der Waals surface area contributed by atoms with Crippen LogP contribution in [0.2, 0.25) is 5.02 Å². The van der Waals surface area contributed by atoms with E-state index < -0.39 is 5.82 Å². The lowest BCUT2D eigenvalue weighted by atomic mass is 10.1. The summed E-state index contributed by atoms with van der Waals surface area (Å²) in [4.78, 5) is 8.25. The van der Waals surface area contributed by atoms with Gasteiger partial charge in [-0.2, -0.15) is 5.26 Å². The lowest BCUT2D eigenvalue weighted by Gasteiger charge is -2.06. The Labute approximate surface area is 109 Å². The normalized spacial score (nSPS) is 10.2. The number of halogens is 2. The second kappa shape index (κ2) is 4.71. The molecule has 90 valence electrons. The molecule has 0 aliphatic carbocycles. The van der Waals surface area contributed by atoms with Gasteiger partial charge >= 0.3 is 0 Å². The summed E-state index contributed by atoms with van der Waals surface area (Å²) < 4.78 is 13.8. The summed E-state index contributed by atoms with van der Waals surface area (Å²) in [6, 6.07) is 6.24. The van der Waals surface area contributed by atoms with Crippen LogP contribution in [0.4, 0.5) is 4.39 Å². The summed E-state index contributed by atoms with van der Waals surface area (Å²) >= 11 is 5.69. The van der Waals surface area contributed by atoms with Gasteiger partial charge in [-0.25, -0.2) is 14.4 Å². The van der Waals surface area contributed by atoms with Crippen molar-refractivity contribution >= 4 is 11.6 Å². The van der Waals surface area contributed by atoms with Crippen LogP contribution in [0.1, 0.15) is 17.0 Å². The van der Waals surface area contributed by atoms with Crippen LogP contribution in [-0.4, -0.2) is 9.97 Å². The van der Waals surface area contributed by atoms with E-state index in [1.54, 1.807) is 19.9 Å². The second-order valence-electron chi connectivity index (χ2n) is 3.84. The monoisotopic (exact) mass is 261 g/mol. The maximum absolute atomic E-state index is 13.8. The number of hydrogen-bond acceptors (Lipinski definition) is 3. The lowest BCUT2D eigenvalue weighted by Crippen LogP contribution is -2.01. The molecule has 0 aliphatic heterocycles. The van der Waals surface area contributed by atoms with Gasteiger partial charge in [0.1, 0.15) is 17.6 Å². The summed E-state index contributed by atoms with van der Waals surface area (Å²) in [5.41, 5.74) is 1.85. The molecule has 2 aromatic rings. The van der Waals surface area contributed by atoms with E-state index in [1.165, 1.54) is 12.1 Å². The highest BCUT2D eigenvalue weighted by Gasteiger charge is 2.12. The molecule has 0 bridgehead atoms. The Balaban J connectivity index is 2.65. The number of nitrogens with zero attached hydrogens (tertiary/aromatic N) is 3. The van der Waals surface area contributed by atoms with Crippen LogP contribution in [0.5, 0.6) is 0 Å². The first-order chi connectivity index (χ1) is 8.52. The Morgan fingerprint density at radius 1 is 1.28 bits per heavy atom. The smallest absolute Gasteiger partial charge is 0.163 e. The molecule has 0 unspecified atom stereocenters. The van der Waals surface area contributed by atoms with Crippen LogP contribution in [0.15, 0.2) is 18.2 Å². The Bertz CT molecular complexity index is 662. The number of benzene rings is 1. The van der Waals surface area contributed by atoms with Crippen molar-refractivity contribution in [2.45, 2.75) is 13.8 Å². The molecular formula is C13H9ClFN3. The molecule has 5 heteroatoms. The highest BCUT2D eigenvalue weighted by molar-refractivity contribution is 6.30. The van der Waals surface area contributed by atoms with Crippen LogP contribution in [-0.2, 0) is 0 Å². The molecule has 18 heavy (non-hydrogen) atoms. The predicted molar refractivity (Wildman–Crippen MR) is 66.6 cm³/mol. The summed E-state index contributed by atoms with van der Waals surface area (Å²) in [6.07, 6.45) is 0. The molecule has 0 aliphatic rings. The van der Waals surface area contributed by atoms with Crippen molar-refractivity contribution in [1.29, 1.82) is 5.26 Å². The van der Waals surface area contributed by atoms with E-state index in [1.807, 2.05) is 6.07 Å². The van der Waals surface area contributed by atoms with Gasteiger partial charge in [0.25, 0.3) is 0 Å². The minimum absolute atomic E-state index is 0.198. The van der Waals surface area contributed by atoms with Gasteiger partial charge in [0.05, 0.1) is 5.56 Å². The third-order valence-electron chi connectivity index (χ3n) is 2.67. The summed E-state index contributed by atoms with van der Waals surface area (Å²) in [5, 5.41) is 9.28. The molecule has 0 spiro atoms.